The van der Waals surface area contributed by atoms with E-state index in [1.54, 1.807) is 0 Å². The Morgan fingerprint density at radius 2 is 2.09 bits per heavy atom. The fourth-order valence-corrected chi connectivity index (χ4v) is 3.65. The number of carbonyl (C=O) groups excluding carboxylic acids is 1. The average molecular weight is 310 g/mol. The van der Waals surface area contributed by atoms with Crippen LogP contribution in [0, 0.1) is 0 Å². The van der Waals surface area contributed by atoms with Crippen molar-refractivity contribution in [3.8, 4) is 0 Å². The van der Waals surface area contributed by atoms with Crippen molar-refractivity contribution in [2.75, 3.05) is 6.61 Å². The minimum Gasteiger partial charge on any atom is -0.431 e. The van der Waals surface area contributed by atoms with Gasteiger partial charge in [-0.1, -0.05) is 45.4 Å². The minimum atomic E-state index is -0.910. The number of rotatable bonds is 7. The number of aliphatic hydroxyl groups is 1. The van der Waals surface area contributed by atoms with Crippen molar-refractivity contribution < 1.29 is 19.4 Å². The molecule has 0 bridgehead atoms. The molecule has 0 amide bonds. The Bertz CT molecular complexity index is 415. The van der Waals surface area contributed by atoms with Gasteiger partial charge in [0.05, 0.1) is 12.7 Å². The van der Waals surface area contributed by atoms with E-state index in [4.69, 9.17) is 9.47 Å². The van der Waals surface area contributed by atoms with Crippen LogP contribution in [0.3, 0.4) is 0 Å². The molecule has 22 heavy (non-hydrogen) atoms. The van der Waals surface area contributed by atoms with Crippen LogP contribution in [-0.4, -0.2) is 29.4 Å². The van der Waals surface area contributed by atoms with Crippen LogP contribution in [0.4, 0.5) is 0 Å². The van der Waals surface area contributed by atoms with Crippen molar-refractivity contribution in [1.82, 2.24) is 0 Å². The van der Waals surface area contributed by atoms with E-state index in [2.05, 4.69) is 6.92 Å². The number of carbonyl (C=O) groups is 1. The van der Waals surface area contributed by atoms with Crippen molar-refractivity contribution in [1.29, 1.82) is 0 Å². The molecule has 0 radical (unpaired) electrons. The third-order valence-electron chi connectivity index (χ3n) is 4.87. The van der Waals surface area contributed by atoms with E-state index in [0.717, 1.165) is 44.1 Å². The molecular weight excluding hydrogens is 280 g/mol. The summed E-state index contributed by atoms with van der Waals surface area (Å²) < 4.78 is 11.2. The maximum absolute atomic E-state index is 11.4. The molecule has 1 heterocycles. The monoisotopic (exact) mass is 310 g/mol. The standard InChI is InChI=1S/C18H30O4/c1-3-4-5-6-7-10-16(22-14(2)19)15-13-21-17-11-8-9-12-18(15,17)20/h17,20H,3-13H2,1-2H3/b16-15+/t17-,18+/m1/s1. The van der Waals surface area contributed by atoms with Crippen LogP contribution in [0.2, 0.25) is 0 Å². The summed E-state index contributed by atoms with van der Waals surface area (Å²) in [6.45, 7) is 4.02. The highest BCUT2D eigenvalue weighted by molar-refractivity contribution is 5.67. The summed E-state index contributed by atoms with van der Waals surface area (Å²) in [6.07, 6.45) is 10.1. The van der Waals surface area contributed by atoms with Gasteiger partial charge in [0.2, 0.25) is 0 Å². The van der Waals surface area contributed by atoms with Gasteiger partial charge in [-0.15, -0.1) is 0 Å². The lowest BCUT2D eigenvalue weighted by molar-refractivity contribution is -0.137. The third-order valence-corrected chi connectivity index (χ3v) is 4.87. The number of allylic oxidation sites excluding steroid dienone is 1. The van der Waals surface area contributed by atoms with Crippen LogP contribution in [-0.2, 0) is 14.3 Å². The molecule has 4 heteroatoms. The van der Waals surface area contributed by atoms with E-state index in [1.807, 2.05) is 0 Å². The topological polar surface area (TPSA) is 55.8 Å². The van der Waals surface area contributed by atoms with E-state index in [1.165, 1.54) is 26.2 Å². The van der Waals surface area contributed by atoms with Crippen LogP contribution in [0.1, 0.15) is 78.1 Å². The predicted molar refractivity (Wildman–Crippen MR) is 85.3 cm³/mol. The van der Waals surface area contributed by atoms with Crippen LogP contribution in [0.15, 0.2) is 11.3 Å². The molecule has 1 N–H and O–H groups in total. The van der Waals surface area contributed by atoms with Gasteiger partial charge in [-0.25, -0.2) is 0 Å². The first-order valence-electron chi connectivity index (χ1n) is 8.83. The lowest BCUT2D eigenvalue weighted by atomic mass is 9.78. The van der Waals surface area contributed by atoms with Crippen molar-refractivity contribution in [2.24, 2.45) is 0 Å². The maximum Gasteiger partial charge on any atom is 0.307 e. The zero-order valence-electron chi connectivity index (χ0n) is 14.0. The van der Waals surface area contributed by atoms with Gasteiger partial charge in [-0.2, -0.15) is 0 Å². The lowest BCUT2D eigenvalue weighted by Gasteiger charge is -2.34. The minimum absolute atomic E-state index is 0.123. The molecule has 2 rings (SSSR count). The summed E-state index contributed by atoms with van der Waals surface area (Å²) in [7, 11) is 0. The number of esters is 1. The predicted octanol–water partition coefficient (Wildman–Crippen LogP) is 3.87. The molecule has 126 valence electrons. The smallest absolute Gasteiger partial charge is 0.307 e. The molecule has 0 aromatic rings. The Labute approximate surface area is 133 Å². The molecule has 2 atom stereocenters. The number of hydrogen-bond acceptors (Lipinski definition) is 4. The fourth-order valence-electron chi connectivity index (χ4n) is 3.65. The summed E-state index contributed by atoms with van der Waals surface area (Å²) >= 11 is 0. The summed E-state index contributed by atoms with van der Waals surface area (Å²) in [5.41, 5.74) is -0.0881. The Morgan fingerprint density at radius 1 is 1.32 bits per heavy atom. The molecule has 1 aliphatic heterocycles. The number of ether oxygens (including phenoxy) is 2. The molecule has 0 unspecified atom stereocenters. The van der Waals surface area contributed by atoms with E-state index < -0.39 is 5.60 Å². The highest BCUT2D eigenvalue weighted by Crippen LogP contribution is 2.43. The van der Waals surface area contributed by atoms with Crippen LogP contribution in [0.25, 0.3) is 0 Å². The number of unbranched alkanes of at least 4 members (excludes halogenated alkanes) is 4. The van der Waals surface area contributed by atoms with Gasteiger partial charge in [-0.05, 0) is 19.3 Å². The Kier molecular flexibility index (Phi) is 6.45. The molecule has 0 aromatic carbocycles. The summed E-state index contributed by atoms with van der Waals surface area (Å²) in [5, 5.41) is 11.0. The van der Waals surface area contributed by atoms with Gasteiger partial charge in [0.1, 0.15) is 11.4 Å². The number of fused-ring (bicyclic) bond motifs is 1. The Morgan fingerprint density at radius 3 is 2.82 bits per heavy atom. The van der Waals surface area contributed by atoms with Crippen molar-refractivity contribution in [3.05, 3.63) is 11.3 Å². The molecular formula is C18H30O4. The average Bonchev–Trinajstić information content (AvgIpc) is 2.82. The second-order valence-electron chi connectivity index (χ2n) is 6.63. The molecule has 2 aliphatic rings. The second kappa shape index (κ2) is 8.11. The molecule has 1 aliphatic carbocycles. The lowest BCUT2D eigenvalue weighted by Crippen LogP contribution is -2.42. The van der Waals surface area contributed by atoms with E-state index in [-0.39, 0.29) is 12.1 Å². The first-order valence-corrected chi connectivity index (χ1v) is 8.83. The van der Waals surface area contributed by atoms with Crippen molar-refractivity contribution >= 4 is 5.97 Å². The fraction of sp³-hybridized carbons (Fsp3) is 0.833. The largest absolute Gasteiger partial charge is 0.431 e. The van der Waals surface area contributed by atoms with Gasteiger partial charge in [0.25, 0.3) is 0 Å². The van der Waals surface area contributed by atoms with Crippen LogP contribution < -0.4 is 0 Å². The Balaban J connectivity index is 2.07. The highest BCUT2D eigenvalue weighted by Gasteiger charge is 2.49. The zero-order chi connectivity index (χ0) is 16.0. The van der Waals surface area contributed by atoms with Crippen LogP contribution >= 0.6 is 0 Å². The second-order valence-corrected chi connectivity index (χ2v) is 6.63. The van der Waals surface area contributed by atoms with E-state index in [9.17, 15) is 9.90 Å². The molecule has 1 saturated carbocycles. The van der Waals surface area contributed by atoms with Gasteiger partial charge in [0, 0.05) is 18.9 Å². The summed E-state index contributed by atoms with van der Waals surface area (Å²) in [5.74, 6) is 0.356. The number of hydrogen-bond donors (Lipinski definition) is 1. The maximum atomic E-state index is 11.4. The van der Waals surface area contributed by atoms with Gasteiger partial charge >= 0.3 is 5.97 Å². The zero-order valence-corrected chi connectivity index (χ0v) is 14.0. The molecule has 4 nitrogen and oxygen atoms in total. The van der Waals surface area contributed by atoms with E-state index >= 15 is 0 Å². The SMILES string of the molecule is CCCCCCC/C(OC(C)=O)=C1/CO[C@@H]2CCCC[C@]12O. The van der Waals surface area contributed by atoms with Crippen molar-refractivity contribution in [2.45, 2.75) is 89.8 Å². The summed E-state index contributed by atoms with van der Waals surface area (Å²) in [6, 6.07) is 0. The molecule has 0 spiro atoms. The molecule has 0 aromatic heterocycles. The molecule has 2 fully saturated rings. The quantitative estimate of drug-likeness (QED) is 0.440. The van der Waals surface area contributed by atoms with Crippen molar-refractivity contribution in [3.63, 3.8) is 0 Å². The molecule has 1 saturated heterocycles. The Hall–Kier alpha value is -0.870. The van der Waals surface area contributed by atoms with Gasteiger partial charge in [0.15, 0.2) is 0 Å². The van der Waals surface area contributed by atoms with Gasteiger partial charge in [-0.3, -0.25) is 4.79 Å². The highest BCUT2D eigenvalue weighted by atomic mass is 16.5. The normalized spacial score (nSPS) is 30.0. The first kappa shape index (κ1) is 17.5. The van der Waals surface area contributed by atoms with Crippen LogP contribution in [0.5, 0.6) is 0 Å². The third kappa shape index (κ3) is 4.11. The van der Waals surface area contributed by atoms with Gasteiger partial charge < -0.3 is 14.6 Å². The summed E-state index contributed by atoms with van der Waals surface area (Å²) in [4.78, 5) is 11.4. The van der Waals surface area contributed by atoms with E-state index in [0.29, 0.717) is 18.8 Å². The first-order chi connectivity index (χ1) is 10.6.